The highest BCUT2D eigenvalue weighted by Gasteiger charge is 2.12. The summed E-state index contributed by atoms with van der Waals surface area (Å²) in [4.78, 5) is 12.0. The predicted molar refractivity (Wildman–Crippen MR) is 85.5 cm³/mol. The molecule has 0 aliphatic heterocycles. The van der Waals surface area contributed by atoms with E-state index in [1.807, 2.05) is 31.2 Å². The van der Waals surface area contributed by atoms with Gasteiger partial charge in [-0.25, -0.2) is 0 Å². The molecule has 0 radical (unpaired) electrons. The molecule has 8 heteroatoms. The maximum atomic E-state index is 12.0. The van der Waals surface area contributed by atoms with Gasteiger partial charge in [0, 0.05) is 11.6 Å². The van der Waals surface area contributed by atoms with Gasteiger partial charge in [-0.05, 0) is 19.1 Å². The third kappa shape index (κ3) is 3.72. The van der Waals surface area contributed by atoms with Gasteiger partial charge in [0.2, 0.25) is 11.0 Å². The quantitative estimate of drug-likeness (QED) is 0.773. The lowest BCUT2D eigenvalue weighted by Gasteiger charge is -2.00. The van der Waals surface area contributed by atoms with Crippen LogP contribution in [0.3, 0.4) is 0 Å². The molecule has 0 fully saturated rings. The number of hydrogen-bond acceptors (Lipinski definition) is 7. The van der Waals surface area contributed by atoms with Crippen molar-refractivity contribution in [3.63, 3.8) is 0 Å². The number of hydrogen-bond donors (Lipinski definition) is 1. The van der Waals surface area contributed by atoms with Crippen LogP contribution in [0.15, 0.2) is 34.9 Å². The zero-order valence-corrected chi connectivity index (χ0v) is 13.4. The predicted octanol–water partition coefficient (Wildman–Crippen LogP) is 2.69. The molecule has 0 aliphatic carbocycles. The van der Waals surface area contributed by atoms with Crippen LogP contribution >= 0.6 is 11.3 Å². The molecule has 2 aromatic heterocycles. The van der Waals surface area contributed by atoms with Gasteiger partial charge in [-0.15, -0.1) is 10.2 Å². The van der Waals surface area contributed by atoms with E-state index in [9.17, 15) is 4.79 Å². The van der Waals surface area contributed by atoms with E-state index in [1.165, 1.54) is 11.3 Å². The van der Waals surface area contributed by atoms with Crippen molar-refractivity contribution in [2.75, 3.05) is 12.4 Å². The van der Waals surface area contributed by atoms with Crippen LogP contribution in [-0.4, -0.2) is 28.4 Å². The van der Waals surface area contributed by atoms with Crippen molar-refractivity contribution in [2.24, 2.45) is 0 Å². The highest BCUT2D eigenvalue weighted by atomic mass is 32.1. The highest BCUT2D eigenvalue weighted by Crippen LogP contribution is 2.24. The molecule has 1 amide bonds. The first kappa shape index (κ1) is 15.2. The van der Waals surface area contributed by atoms with Crippen LogP contribution in [0.25, 0.3) is 11.3 Å². The Kier molecular flexibility index (Phi) is 4.33. The number of nitrogens with zero attached hydrogens (tertiary/aromatic N) is 3. The average Bonchev–Trinajstić information content (AvgIpc) is 3.16. The molecule has 7 nitrogen and oxygen atoms in total. The average molecular weight is 330 g/mol. The minimum absolute atomic E-state index is 0.103. The van der Waals surface area contributed by atoms with Crippen LogP contribution in [0, 0.1) is 6.92 Å². The summed E-state index contributed by atoms with van der Waals surface area (Å²) in [5, 5.41) is 15.6. The third-order valence-electron chi connectivity index (χ3n) is 3.03. The summed E-state index contributed by atoms with van der Waals surface area (Å²) in [6.45, 7) is 1.82. The molecule has 3 aromatic rings. The summed E-state index contributed by atoms with van der Waals surface area (Å²) in [6.07, 6.45) is 0.103. The smallest absolute Gasteiger partial charge is 0.232 e. The molecule has 23 heavy (non-hydrogen) atoms. The number of ether oxygens (including phenoxy) is 1. The summed E-state index contributed by atoms with van der Waals surface area (Å²) < 4.78 is 10.5. The molecule has 1 aromatic carbocycles. The van der Waals surface area contributed by atoms with Crippen molar-refractivity contribution in [1.82, 2.24) is 15.4 Å². The van der Waals surface area contributed by atoms with Gasteiger partial charge in [-0.1, -0.05) is 28.6 Å². The first-order chi connectivity index (χ1) is 11.1. The van der Waals surface area contributed by atoms with Crippen LogP contribution in [0.5, 0.6) is 5.75 Å². The number of carbonyl (C=O) groups is 1. The van der Waals surface area contributed by atoms with Gasteiger partial charge in [-0.2, -0.15) is 0 Å². The number of carbonyl (C=O) groups excluding carboxylic acids is 1. The first-order valence-corrected chi connectivity index (χ1v) is 7.65. The second-order valence-corrected chi connectivity index (χ2v) is 5.95. The molecule has 2 heterocycles. The van der Waals surface area contributed by atoms with Crippen molar-refractivity contribution in [3.8, 4) is 17.1 Å². The van der Waals surface area contributed by atoms with E-state index in [1.54, 1.807) is 13.2 Å². The monoisotopic (exact) mass is 330 g/mol. The van der Waals surface area contributed by atoms with E-state index in [0.29, 0.717) is 16.6 Å². The second kappa shape index (κ2) is 6.57. The molecule has 0 saturated carbocycles. The fourth-order valence-electron chi connectivity index (χ4n) is 1.98. The largest absolute Gasteiger partial charge is 0.497 e. The molecule has 3 rings (SSSR count). The Bertz CT molecular complexity index is 828. The van der Waals surface area contributed by atoms with Gasteiger partial charge in [0.05, 0.1) is 19.2 Å². The lowest BCUT2D eigenvalue weighted by molar-refractivity contribution is -0.115. The van der Waals surface area contributed by atoms with Gasteiger partial charge in [-0.3, -0.25) is 4.79 Å². The number of nitrogens with one attached hydrogen (secondary N) is 1. The molecular weight excluding hydrogens is 316 g/mol. The zero-order chi connectivity index (χ0) is 16.2. The maximum absolute atomic E-state index is 12.0. The lowest BCUT2D eigenvalue weighted by atomic mass is 10.1. The fraction of sp³-hybridized carbons (Fsp3) is 0.200. The van der Waals surface area contributed by atoms with Crippen LogP contribution in [0.4, 0.5) is 5.13 Å². The molecule has 0 spiro atoms. The van der Waals surface area contributed by atoms with E-state index in [4.69, 9.17) is 9.26 Å². The van der Waals surface area contributed by atoms with E-state index in [2.05, 4.69) is 20.7 Å². The number of benzene rings is 1. The number of anilines is 1. The zero-order valence-electron chi connectivity index (χ0n) is 12.6. The summed E-state index contributed by atoms with van der Waals surface area (Å²) >= 11 is 1.32. The van der Waals surface area contributed by atoms with E-state index in [0.717, 1.165) is 16.3 Å². The Balaban J connectivity index is 1.68. The van der Waals surface area contributed by atoms with Crippen molar-refractivity contribution in [2.45, 2.75) is 13.3 Å². The van der Waals surface area contributed by atoms with E-state index in [-0.39, 0.29) is 12.3 Å². The van der Waals surface area contributed by atoms with Gasteiger partial charge < -0.3 is 14.6 Å². The highest BCUT2D eigenvalue weighted by molar-refractivity contribution is 7.15. The Hall–Kier alpha value is -2.74. The maximum Gasteiger partial charge on any atom is 0.232 e. The minimum atomic E-state index is -0.216. The number of aryl methyl sites for hydroxylation is 1. The molecule has 118 valence electrons. The lowest BCUT2D eigenvalue weighted by Crippen LogP contribution is -2.14. The molecular formula is C15H14N4O3S. The Morgan fingerprint density at radius 1 is 1.35 bits per heavy atom. The molecule has 1 N–H and O–H groups in total. The Labute approximate surface area is 136 Å². The van der Waals surface area contributed by atoms with Gasteiger partial charge >= 0.3 is 0 Å². The van der Waals surface area contributed by atoms with Crippen molar-refractivity contribution >= 4 is 22.4 Å². The third-order valence-corrected chi connectivity index (χ3v) is 3.78. The first-order valence-electron chi connectivity index (χ1n) is 6.84. The van der Waals surface area contributed by atoms with Crippen LogP contribution in [0.1, 0.15) is 10.7 Å². The summed E-state index contributed by atoms with van der Waals surface area (Å²) in [5.41, 5.74) is 1.38. The number of amides is 1. The van der Waals surface area contributed by atoms with Gasteiger partial charge in [0.25, 0.3) is 0 Å². The number of rotatable bonds is 5. The Morgan fingerprint density at radius 2 is 2.22 bits per heavy atom. The fourth-order valence-corrected chi connectivity index (χ4v) is 2.59. The summed E-state index contributed by atoms with van der Waals surface area (Å²) in [5.74, 6) is 1.09. The molecule has 0 saturated heterocycles. The number of methoxy groups -OCH3 is 1. The van der Waals surface area contributed by atoms with Crippen LogP contribution in [0.2, 0.25) is 0 Å². The van der Waals surface area contributed by atoms with E-state index >= 15 is 0 Å². The normalized spacial score (nSPS) is 10.5. The molecule has 0 aliphatic rings. The topological polar surface area (TPSA) is 90.1 Å². The van der Waals surface area contributed by atoms with Crippen LogP contribution < -0.4 is 10.1 Å². The molecule has 0 bridgehead atoms. The van der Waals surface area contributed by atoms with Gasteiger partial charge in [0.1, 0.15) is 10.8 Å². The molecule has 0 atom stereocenters. The van der Waals surface area contributed by atoms with Crippen molar-refractivity contribution in [1.29, 1.82) is 0 Å². The van der Waals surface area contributed by atoms with Gasteiger partial charge in [0.15, 0.2) is 5.76 Å². The standard InChI is InChI=1S/C15H14N4O3S/c1-9-17-18-15(23-9)16-14(20)8-11-7-13(22-19-11)10-4-3-5-12(6-10)21-2/h3-7H,8H2,1-2H3,(H,16,18,20). The molecule has 0 unspecified atom stereocenters. The Morgan fingerprint density at radius 3 is 2.96 bits per heavy atom. The summed E-state index contributed by atoms with van der Waals surface area (Å²) in [6, 6.07) is 9.17. The van der Waals surface area contributed by atoms with Crippen molar-refractivity contribution < 1.29 is 14.1 Å². The SMILES string of the molecule is COc1cccc(-c2cc(CC(=O)Nc3nnc(C)s3)no2)c1. The number of aromatic nitrogens is 3. The van der Waals surface area contributed by atoms with Crippen molar-refractivity contribution in [3.05, 3.63) is 41.0 Å². The summed E-state index contributed by atoms with van der Waals surface area (Å²) in [7, 11) is 1.60. The minimum Gasteiger partial charge on any atom is -0.497 e. The second-order valence-electron chi connectivity index (χ2n) is 4.77. The van der Waals surface area contributed by atoms with Crippen LogP contribution in [-0.2, 0) is 11.2 Å². The van der Waals surface area contributed by atoms with E-state index < -0.39 is 0 Å².